The summed E-state index contributed by atoms with van der Waals surface area (Å²) in [6.07, 6.45) is -5.63. The number of hydrogen-bond acceptors (Lipinski definition) is 4. The van der Waals surface area contributed by atoms with Gasteiger partial charge in [0.1, 0.15) is 5.01 Å². The molecular formula is C17H20ClF3N2O2S. The molecule has 0 saturated carbocycles. The Kier molecular flexibility index (Phi) is 8.02. The van der Waals surface area contributed by atoms with Gasteiger partial charge in [-0.1, -0.05) is 6.07 Å². The van der Waals surface area contributed by atoms with Gasteiger partial charge in [-0.25, -0.2) is 4.98 Å². The number of likely N-dealkylation sites (N-methyl/N-ethyl adjacent to an activating group) is 1. The van der Waals surface area contributed by atoms with Crippen molar-refractivity contribution in [1.82, 2.24) is 9.88 Å². The van der Waals surface area contributed by atoms with Crippen molar-refractivity contribution in [3.8, 4) is 0 Å². The highest BCUT2D eigenvalue weighted by molar-refractivity contribution is 7.18. The van der Waals surface area contributed by atoms with Crippen LogP contribution in [0, 0.1) is 6.92 Å². The highest BCUT2D eigenvalue weighted by atomic mass is 35.5. The molecule has 9 heteroatoms. The lowest BCUT2D eigenvalue weighted by atomic mass is 10.2. The number of benzene rings is 1. The minimum Gasteiger partial charge on any atom is -0.338 e. The van der Waals surface area contributed by atoms with Crippen molar-refractivity contribution < 1.29 is 22.8 Å². The predicted molar refractivity (Wildman–Crippen MR) is 97.9 cm³/mol. The zero-order chi connectivity index (χ0) is 18.6. The Morgan fingerprint density at radius 3 is 2.62 bits per heavy atom. The maximum Gasteiger partial charge on any atom is 0.389 e. The van der Waals surface area contributed by atoms with Crippen molar-refractivity contribution in [1.29, 1.82) is 0 Å². The van der Waals surface area contributed by atoms with E-state index in [1.165, 1.54) is 23.3 Å². The van der Waals surface area contributed by atoms with E-state index in [2.05, 4.69) is 4.98 Å². The van der Waals surface area contributed by atoms with Crippen LogP contribution in [0.4, 0.5) is 13.2 Å². The third-order valence-corrected chi connectivity index (χ3v) is 4.64. The SMILES string of the molecule is Cc1ccc2nc(CC(=O)CN(C)C(=O)CCCC(F)(F)F)sc2c1.Cl. The summed E-state index contributed by atoms with van der Waals surface area (Å²) >= 11 is 1.43. The first-order chi connectivity index (χ1) is 11.6. The lowest BCUT2D eigenvalue weighted by Crippen LogP contribution is -2.32. The number of carbonyl (C=O) groups is 2. The molecule has 1 heterocycles. The van der Waals surface area contributed by atoms with Gasteiger partial charge in [-0.2, -0.15) is 13.2 Å². The summed E-state index contributed by atoms with van der Waals surface area (Å²) in [5, 5.41) is 0.670. The molecule has 0 aliphatic heterocycles. The molecule has 1 aromatic heterocycles. The summed E-state index contributed by atoms with van der Waals surface area (Å²) in [6, 6.07) is 5.84. The van der Waals surface area contributed by atoms with E-state index >= 15 is 0 Å². The van der Waals surface area contributed by atoms with Gasteiger partial charge in [0.05, 0.1) is 23.2 Å². The van der Waals surface area contributed by atoms with Gasteiger partial charge in [-0.05, 0) is 31.0 Å². The number of aryl methyl sites for hydroxylation is 1. The molecule has 0 atom stereocenters. The number of fused-ring (bicyclic) bond motifs is 1. The monoisotopic (exact) mass is 408 g/mol. The number of alkyl halides is 3. The van der Waals surface area contributed by atoms with Crippen molar-refractivity contribution in [2.75, 3.05) is 13.6 Å². The van der Waals surface area contributed by atoms with Crippen LogP contribution < -0.4 is 0 Å². The Balaban J connectivity index is 0.00000338. The molecule has 0 N–H and O–H groups in total. The van der Waals surface area contributed by atoms with Crippen LogP contribution in [0.2, 0.25) is 0 Å². The van der Waals surface area contributed by atoms with Crippen molar-refractivity contribution in [2.45, 2.75) is 38.8 Å². The van der Waals surface area contributed by atoms with Crippen LogP contribution in [0.1, 0.15) is 29.8 Å². The van der Waals surface area contributed by atoms with Crippen LogP contribution in [-0.4, -0.2) is 41.3 Å². The number of hydrogen-bond donors (Lipinski definition) is 0. The molecule has 0 bridgehead atoms. The molecule has 26 heavy (non-hydrogen) atoms. The number of amides is 1. The van der Waals surface area contributed by atoms with Gasteiger partial charge in [0, 0.05) is 19.9 Å². The van der Waals surface area contributed by atoms with Crippen LogP contribution in [0.5, 0.6) is 0 Å². The van der Waals surface area contributed by atoms with Gasteiger partial charge in [0.25, 0.3) is 0 Å². The van der Waals surface area contributed by atoms with Gasteiger partial charge in [0.2, 0.25) is 5.91 Å². The number of ketones is 1. The zero-order valence-electron chi connectivity index (χ0n) is 14.4. The Bertz CT molecular complexity index is 777. The summed E-state index contributed by atoms with van der Waals surface area (Å²) in [7, 11) is 1.43. The van der Waals surface area contributed by atoms with E-state index in [9.17, 15) is 22.8 Å². The first-order valence-corrected chi connectivity index (χ1v) is 8.64. The van der Waals surface area contributed by atoms with Crippen molar-refractivity contribution in [3.05, 3.63) is 28.8 Å². The van der Waals surface area contributed by atoms with Crippen LogP contribution >= 0.6 is 23.7 Å². The minimum absolute atomic E-state index is 0. The van der Waals surface area contributed by atoms with Gasteiger partial charge >= 0.3 is 6.18 Å². The maximum atomic E-state index is 12.1. The van der Waals surface area contributed by atoms with Gasteiger partial charge < -0.3 is 4.90 Å². The molecule has 144 valence electrons. The summed E-state index contributed by atoms with van der Waals surface area (Å²) in [5.74, 6) is -0.653. The minimum atomic E-state index is -4.26. The lowest BCUT2D eigenvalue weighted by Gasteiger charge is -2.16. The molecule has 0 spiro atoms. The summed E-state index contributed by atoms with van der Waals surface area (Å²) in [6.45, 7) is 1.85. The van der Waals surface area contributed by atoms with E-state index in [4.69, 9.17) is 0 Å². The van der Waals surface area contributed by atoms with Crippen LogP contribution in [0.3, 0.4) is 0 Å². The largest absolute Gasteiger partial charge is 0.389 e. The number of thiazole rings is 1. The third kappa shape index (κ3) is 6.92. The fourth-order valence-corrected chi connectivity index (χ4v) is 3.46. The predicted octanol–water partition coefficient (Wildman–Crippen LogP) is 4.33. The second kappa shape index (κ2) is 9.32. The maximum absolute atomic E-state index is 12.1. The molecule has 1 amide bonds. The Hall–Kier alpha value is -1.67. The molecule has 2 rings (SSSR count). The van der Waals surface area contributed by atoms with Gasteiger partial charge in [-0.3, -0.25) is 9.59 Å². The molecule has 1 aromatic carbocycles. The normalized spacial score (nSPS) is 11.3. The Morgan fingerprint density at radius 2 is 1.96 bits per heavy atom. The number of carbonyl (C=O) groups excluding carboxylic acids is 2. The molecule has 0 unspecified atom stereocenters. The average Bonchev–Trinajstić information content (AvgIpc) is 2.86. The number of aromatic nitrogens is 1. The van der Waals surface area contributed by atoms with E-state index in [1.807, 2.05) is 25.1 Å². The van der Waals surface area contributed by atoms with Gasteiger partial charge in [0.15, 0.2) is 5.78 Å². The standard InChI is InChI=1S/C17H19F3N2O2S.ClH/c1-11-5-6-13-14(8-11)25-15(21-13)9-12(23)10-22(2)16(24)4-3-7-17(18,19)20;/h5-6,8H,3-4,7,9-10H2,1-2H3;1H. The fourth-order valence-electron chi connectivity index (χ4n) is 2.36. The number of nitrogens with zero attached hydrogens (tertiary/aromatic N) is 2. The van der Waals surface area contributed by atoms with Crippen LogP contribution in [0.15, 0.2) is 18.2 Å². The van der Waals surface area contributed by atoms with Crippen molar-refractivity contribution >= 4 is 45.7 Å². The molecule has 4 nitrogen and oxygen atoms in total. The van der Waals surface area contributed by atoms with Gasteiger partial charge in [-0.15, -0.1) is 23.7 Å². The van der Waals surface area contributed by atoms with E-state index in [1.54, 1.807) is 0 Å². The second-order valence-electron chi connectivity index (χ2n) is 6.01. The first kappa shape index (κ1) is 22.4. The Labute approximate surface area is 159 Å². The molecule has 0 radical (unpaired) electrons. The van der Waals surface area contributed by atoms with Crippen LogP contribution in [-0.2, 0) is 16.0 Å². The highest BCUT2D eigenvalue weighted by Gasteiger charge is 2.27. The number of halogens is 4. The third-order valence-electron chi connectivity index (χ3n) is 3.63. The molecular weight excluding hydrogens is 389 g/mol. The Morgan fingerprint density at radius 1 is 1.27 bits per heavy atom. The molecule has 2 aromatic rings. The summed E-state index contributed by atoms with van der Waals surface area (Å²) in [5.41, 5.74) is 1.94. The molecule has 0 saturated heterocycles. The average molecular weight is 409 g/mol. The van der Waals surface area contributed by atoms with E-state index < -0.39 is 18.5 Å². The smallest absolute Gasteiger partial charge is 0.338 e. The van der Waals surface area contributed by atoms with E-state index in [0.717, 1.165) is 15.8 Å². The second-order valence-corrected chi connectivity index (χ2v) is 7.13. The summed E-state index contributed by atoms with van der Waals surface area (Å²) < 4.78 is 37.3. The highest BCUT2D eigenvalue weighted by Crippen LogP contribution is 2.24. The van der Waals surface area contributed by atoms with Crippen molar-refractivity contribution in [2.24, 2.45) is 0 Å². The molecule has 0 aliphatic rings. The zero-order valence-corrected chi connectivity index (χ0v) is 16.1. The first-order valence-electron chi connectivity index (χ1n) is 7.82. The van der Waals surface area contributed by atoms with Crippen molar-refractivity contribution in [3.63, 3.8) is 0 Å². The van der Waals surface area contributed by atoms with E-state index in [0.29, 0.717) is 5.01 Å². The number of rotatable bonds is 7. The quantitative estimate of drug-likeness (QED) is 0.685. The lowest BCUT2D eigenvalue weighted by molar-refractivity contribution is -0.140. The fraction of sp³-hybridized carbons (Fsp3) is 0.471. The topological polar surface area (TPSA) is 50.3 Å². The molecule has 0 fully saturated rings. The summed E-state index contributed by atoms with van der Waals surface area (Å²) in [4.78, 5) is 29.5. The number of Topliss-reactive ketones (excluding diaryl/α,β-unsaturated/α-hetero) is 1. The van der Waals surface area contributed by atoms with E-state index in [-0.39, 0.29) is 44.0 Å². The van der Waals surface area contributed by atoms with Crippen LogP contribution in [0.25, 0.3) is 10.2 Å². The molecule has 0 aliphatic carbocycles.